The number of benzene rings is 1. The van der Waals surface area contributed by atoms with Gasteiger partial charge < -0.3 is 14.5 Å². The normalized spacial score (nSPS) is 11.0. The molecule has 0 spiro atoms. The Kier molecular flexibility index (Phi) is 5.60. The lowest BCUT2D eigenvalue weighted by Gasteiger charge is -2.10. The van der Waals surface area contributed by atoms with Crippen molar-refractivity contribution in [1.29, 1.82) is 0 Å². The van der Waals surface area contributed by atoms with Gasteiger partial charge in [-0.1, -0.05) is 12.1 Å². The van der Waals surface area contributed by atoms with Gasteiger partial charge >= 0.3 is 5.97 Å². The first-order valence-electron chi connectivity index (χ1n) is 8.69. The molecule has 0 radical (unpaired) electrons. The van der Waals surface area contributed by atoms with Gasteiger partial charge in [-0.2, -0.15) is 0 Å². The molecule has 27 heavy (non-hydrogen) atoms. The molecule has 0 aliphatic rings. The number of hydrogen-bond donors (Lipinski definition) is 1. The molecular formula is C20H22N2O4S. The molecule has 2 heterocycles. The van der Waals surface area contributed by atoms with Crippen LogP contribution in [0.4, 0.5) is 0 Å². The van der Waals surface area contributed by atoms with E-state index in [4.69, 9.17) is 9.47 Å². The van der Waals surface area contributed by atoms with Crippen molar-refractivity contribution in [1.82, 2.24) is 9.97 Å². The lowest BCUT2D eigenvalue weighted by Crippen LogP contribution is -2.15. The third-order valence-corrected chi connectivity index (χ3v) is 5.47. The highest BCUT2D eigenvalue weighted by molar-refractivity contribution is 7.18. The van der Waals surface area contributed by atoms with Crippen LogP contribution in [-0.4, -0.2) is 22.5 Å². The minimum Gasteiger partial charge on any atom is -0.493 e. The fourth-order valence-electron chi connectivity index (χ4n) is 2.70. The molecule has 0 aliphatic heterocycles. The van der Waals surface area contributed by atoms with Crippen LogP contribution >= 0.6 is 11.3 Å². The Balaban J connectivity index is 1.55. The second-order valence-electron chi connectivity index (χ2n) is 6.50. The molecule has 0 unspecified atom stereocenters. The third kappa shape index (κ3) is 4.36. The Morgan fingerprint density at radius 3 is 2.78 bits per heavy atom. The molecule has 0 amide bonds. The molecule has 3 rings (SSSR count). The molecule has 0 saturated heterocycles. The molecule has 0 bridgehead atoms. The van der Waals surface area contributed by atoms with E-state index in [0.29, 0.717) is 16.0 Å². The largest absolute Gasteiger partial charge is 0.493 e. The quantitative estimate of drug-likeness (QED) is 0.653. The standard InChI is InChI=1S/C20H22N2O4S/c1-11-5-6-12(2)15(9-11)25-8-7-17(23)26-10-16-21-19(24)18-13(3)14(4)27-20(18)22-16/h5-6,9H,7-8,10H2,1-4H3,(H,21,22,24). The summed E-state index contributed by atoms with van der Waals surface area (Å²) >= 11 is 1.46. The van der Waals surface area contributed by atoms with E-state index in [1.807, 2.05) is 45.9 Å². The van der Waals surface area contributed by atoms with Crippen LogP contribution in [0.1, 0.15) is 33.8 Å². The van der Waals surface area contributed by atoms with Crippen molar-refractivity contribution in [2.75, 3.05) is 6.61 Å². The number of carbonyl (C=O) groups is 1. The number of aromatic amines is 1. The first kappa shape index (κ1) is 19.1. The van der Waals surface area contributed by atoms with Crippen LogP contribution < -0.4 is 10.3 Å². The average Bonchev–Trinajstić information content (AvgIpc) is 2.90. The van der Waals surface area contributed by atoms with Crippen LogP contribution in [0.15, 0.2) is 23.0 Å². The van der Waals surface area contributed by atoms with Gasteiger partial charge in [-0.25, -0.2) is 4.98 Å². The smallest absolute Gasteiger partial charge is 0.309 e. The van der Waals surface area contributed by atoms with E-state index in [1.165, 1.54) is 11.3 Å². The molecule has 1 aromatic carbocycles. The van der Waals surface area contributed by atoms with Crippen molar-refractivity contribution >= 4 is 27.5 Å². The van der Waals surface area contributed by atoms with Crippen LogP contribution in [0.25, 0.3) is 10.2 Å². The zero-order chi connectivity index (χ0) is 19.6. The molecule has 0 atom stereocenters. The molecule has 3 aromatic rings. The minimum absolute atomic E-state index is 0.0660. The van der Waals surface area contributed by atoms with E-state index in [-0.39, 0.29) is 25.2 Å². The number of aromatic nitrogens is 2. The number of nitrogens with one attached hydrogen (secondary N) is 1. The zero-order valence-electron chi connectivity index (χ0n) is 15.8. The van der Waals surface area contributed by atoms with Crippen LogP contribution in [0.3, 0.4) is 0 Å². The molecule has 142 valence electrons. The van der Waals surface area contributed by atoms with Gasteiger partial charge in [0.25, 0.3) is 5.56 Å². The van der Waals surface area contributed by atoms with Crippen LogP contribution in [0.2, 0.25) is 0 Å². The highest BCUT2D eigenvalue weighted by atomic mass is 32.1. The number of esters is 1. The number of carbonyl (C=O) groups excluding carboxylic acids is 1. The predicted octanol–water partition coefficient (Wildman–Crippen LogP) is 3.73. The van der Waals surface area contributed by atoms with E-state index >= 15 is 0 Å². The number of ether oxygens (including phenoxy) is 2. The monoisotopic (exact) mass is 386 g/mol. The molecule has 6 nitrogen and oxygen atoms in total. The number of nitrogens with zero attached hydrogens (tertiary/aromatic N) is 1. The molecular weight excluding hydrogens is 364 g/mol. The van der Waals surface area contributed by atoms with Gasteiger partial charge in [0.05, 0.1) is 18.4 Å². The molecule has 2 aromatic heterocycles. The fraction of sp³-hybridized carbons (Fsp3) is 0.350. The summed E-state index contributed by atoms with van der Waals surface area (Å²) < 4.78 is 10.9. The topological polar surface area (TPSA) is 81.3 Å². The van der Waals surface area contributed by atoms with Crippen molar-refractivity contribution in [3.63, 3.8) is 0 Å². The maximum absolute atomic E-state index is 12.2. The Hall–Kier alpha value is -2.67. The fourth-order valence-corrected chi connectivity index (χ4v) is 3.74. The molecule has 0 fully saturated rings. The van der Waals surface area contributed by atoms with Crippen LogP contribution in [0.5, 0.6) is 5.75 Å². The van der Waals surface area contributed by atoms with Crippen LogP contribution in [-0.2, 0) is 16.1 Å². The van der Waals surface area contributed by atoms with Gasteiger partial charge in [-0.3, -0.25) is 9.59 Å². The number of fused-ring (bicyclic) bond motifs is 1. The lowest BCUT2D eigenvalue weighted by atomic mass is 10.1. The summed E-state index contributed by atoms with van der Waals surface area (Å²) in [5.41, 5.74) is 2.86. The van der Waals surface area contributed by atoms with Crippen molar-refractivity contribution in [3.05, 3.63) is 55.9 Å². The van der Waals surface area contributed by atoms with Gasteiger partial charge in [0.15, 0.2) is 0 Å². The van der Waals surface area contributed by atoms with Gasteiger partial charge in [-0.05, 0) is 50.5 Å². The minimum atomic E-state index is -0.401. The Bertz CT molecular complexity index is 1050. The summed E-state index contributed by atoms with van der Waals surface area (Å²) in [6, 6.07) is 5.93. The Morgan fingerprint density at radius 2 is 2.00 bits per heavy atom. The summed E-state index contributed by atoms with van der Waals surface area (Å²) in [6.45, 7) is 7.97. The number of H-pyrrole nitrogens is 1. The van der Waals surface area contributed by atoms with Gasteiger partial charge in [0, 0.05) is 4.88 Å². The SMILES string of the molecule is Cc1ccc(C)c(OCCC(=O)OCc2nc3sc(C)c(C)c3c(=O)[nH]2)c1. The molecule has 0 aliphatic carbocycles. The van der Waals surface area contributed by atoms with E-state index < -0.39 is 5.97 Å². The number of thiophene rings is 1. The highest BCUT2D eigenvalue weighted by Gasteiger charge is 2.13. The van der Waals surface area contributed by atoms with E-state index in [2.05, 4.69) is 9.97 Å². The van der Waals surface area contributed by atoms with E-state index in [1.54, 1.807) is 0 Å². The summed E-state index contributed by atoms with van der Waals surface area (Å²) in [5.74, 6) is 0.710. The first-order valence-corrected chi connectivity index (χ1v) is 9.51. The summed E-state index contributed by atoms with van der Waals surface area (Å²) in [4.78, 5) is 33.0. The molecule has 7 heteroatoms. The summed E-state index contributed by atoms with van der Waals surface area (Å²) in [5, 5.41) is 0.606. The second kappa shape index (κ2) is 7.92. The van der Waals surface area contributed by atoms with Crippen LogP contribution in [0, 0.1) is 27.7 Å². The van der Waals surface area contributed by atoms with Crippen molar-refractivity contribution in [2.24, 2.45) is 0 Å². The van der Waals surface area contributed by atoms with Crippen molar-refractivity contribution in [3.8, 4) is 5.75 Å². The Morgan fingerprint density at radius 1 is 1.22 bits per heavy atom. The maximum atomic E-state index is 12.2. The lowest BCUT2D eigenvalue weighted by molar-refractivity contribution is -0.145. The summed E-state index contributed by atoms with van der Waals surface area (Å²) in [7, 11) is 0. The van der Waals surface area contributed by atoms with Crippen molar-refractivity contribution in [2.45, 2.75) is 40.7 Å². The zero-order valence-corrected chi connectivity index (χ0v) is 16.7. The maximum Gasteiger partial charge on any atom is 0.309 e. The first-order chi connectivity index (χ1) is 12.8. The highest BCUT2D eigenvalue weighted by Crippen LogP contribution is 2.25. The van der Waals surface area contributed by atoms with E-state index in [0.717, 1.165) is 27.3 Å². The second-order valence-corrected chi connectivity index (χ2v) is 7.71. The third-order valence-electron chi connectivity index (χ3n) is 4.37. The average molecular weight is 386 g/mol. The van der Waals surface area contributed by atoms with E-state index in [9.17, 15) is 9.59 Å². The number of rotatable bonds is 6. The molecule has 1 N–H and O–H groups in total. The van der Waals surface area contributed by atoms with Gasteiger partial charge in [0.1, 0.15) is 23.0 Å². The Labute approximate surface area is 161 Å². The van der Waals surface area contributed by atoms with Crippen molar-refractivity contribution < 1.29 is 14.3 Å². The van der Waals surface area contributed by atoms with Gasteiger partial charge in [-0.15, -0.1) is 11.3 Å². The predicted molar refractivity (Wildman–Crippen MR) is 106 cm³/mol. The van der Waals surface area contributed by atoms with Gasteiger partial charge in [0.2, 0.25) is 0 Å². The number of hydrogen-bond acceptors (Lipinski definition) is 6. The number of aryl methyl sites for hydroxylation is 4. The molecule has 0 saturated carbocycles. The summed E-state index contributed by atoms with van der Waals surface area (Å²) in [6.07, 6.45) is 0.122.